The lowest BCUT2D eigenvalue weighted by Crippen LogP contribution is -2.29. The second-order valence-electron chi connectivity index (χ2n) is 5.44. The van der Waals surface area contributed by atoms with Crippen molar-refractivity contribution in [3.63, 3.8) is 0 Å². The normalized spacial score (nSPS) is 13.1. The fraction of sp³-hybridized carbons (Fsp3) is 0.400. The van der Waals surface area contributed by atoms with E-state index in [0.717, 1.165) is 24.3 Å². The Morgan fingerprint density at radius 2 is 1.92 bits per heavy atom. The minimum absolute atomic E-state index is 0.0414. The van der Waals surface area contributed by atoms with E-state index in [9.17, 15) is 23.1 Å². The molecule has 2 rings (SSSR count). The number of nitrogens with zero attached hydrogens (tertiary/aromatic N) is 2. The number of hydrogen-bond donors (Lipinski definition) is 2. The first-order valence-corrected chi connectivity index (χ1v) is 7.14. The summed E-state index contributed by atoms with van der Waals surface area (Å²) in [6.07, 6.45) is -6.07. The summed E-state index contributed by atoms with van der Waals surface area (Å²) in [5.41, 5.74) is -0.802. The molecule has 0 saturated heterocycles. The smallest absolute Gasteiger partial charge is 0.378 e. The van der Waals surface area contributed by atoms with Crippen molar-refractivity contribution in [2.24, 2.45) is 0 Å². The number of carbonyl (C=O) groups is 1. The van der Waals surface area contributed by atoms with Gasteiger partial charge in [0.1, 0.15) is 0 Å². The van der Waals surface area contributed by atoms with Gasteiger partial charge in [0.25, 0.3) is 5.91 Å². The first kappa shape index (κ1) is 17.9. The minimum atomic E-state index is -4.47. The monoisotopic (exact) mass is 343 g/mol. The quantitative estimate of drug-likeness (QED) is 0.871. The molecule has 0 aliphatic heterocycles. The highest BCUT2D eigenvalue weighted by atomic mass is 19.4. The molecule has 1 atom stereocenters. The molecule has 0 spiro atoms. The molecule has 1 heterocycles. The number of amides is 1. The van der Waals surface area contributed by atoms with Crippen LogP contribution in [-0.2, 0) is 17.5 Å². The third kappa shape index (κ3) is 4.31. The average Bonchev–Trinajstić information content (AvgIpc) is 3.00. The van der Waals surface area contributed by atoms with E-state index in [1.165, 1.54) is 0 Å². The fourth-order valence-electron chi connectivity index (χ4n) is 1.84. The van der Waals surface area contributed by atoms with E-state index in [4.69, 9.17) is 4.52 Å². The summed E-state index contributed by atoms with van der Waals surface area (Å²) in [4.78, 5) is 15.9. The summed E-state index contributed by atoms with van der Waals surface area (Å²) in [7, 11) is 0. The number of rotatable bonds is 5. The first-order chi connectivity index (χ1) is 11.2. The third-order valence-electron chi connectivity index (χ3n) is 3.20. The number of aliphatic hydroxyl groups excluding tert-OH is 1. The number of benzene rings is 1. The maximum absolute atomic E-state index is 12.5. The molecular formula is C15H16F3N3O3. The van der Waals surface area contributed by atoms with Gasteiger partial charge < -0.3 is 14.9 Å². The number of aromatic nitrogens is 2. The van der Waals surface area contributed by atoms with E-state index in [0.29, 0.717) is 5.89 Å². The number of nitrogens with one attached hydrogen (secondary N) is 1. The Hall–Kier alpha value is -2.42. The molecule has 1 amide bonds. The molecule has 0 radical (unpaired) electrons. The van der Waals surface area contributed by atoms with E-state index in [1.54, 1.807) is 0 Å². The summed E-state index contributed by atoms with van der Waals surface area (Å²) in [5.74, 6) is -0.0699. The van der Waals surface area contributed by atoms with Gasteiger partial charge in [0.05, 0.1) is 12.1 Å². The fourth-order valence-corrected chi connectivity index (χ4v) is 1.84. The largest absolute Gasteiger partial charge is 0.416 e. The topological polar surface area (TPSA) is 88.2 Å². The van der Waals surface area contributed by atoms with Crippen molar-refractivity contribution in [1.29, 1.82) is 0 Å². The third-order valence-corrected chi connectivity index (χ3v) is 3.20. The molecule has 6 nitrogen and oxygen atoms in total. The molecule has 9 heteroatoms. The van der Waals surface area contributed by atoms with Gasteiger partial charge in [-0.15, -0.1) is 0 Å². The van der Waals surface area contributed by atoms with E-state index in [1.807, 2.05) is 13.8 Å². The summed E-state index contributed by atoms with van der Waals surface area (Å²) in [6, 6.07) is 3.72. The molecule has 0 aliphatic rings. The number of alkyl halides is 3. The molecule has 0 aliphatic carbocycles. The Labute approximate surface area is 135 Å². The Morgan fingerprint density at radius 3 is 2.42 bits per heavy atom. The number of halogens is 3. The van der Waals surface area contributed by atoms with Gasteiger partial charge >= 0.3 is 6.18 Å². The van der Waals surface area contributed by atoms with E-state index < -0.39 is 23.8 Å². The average molecular weight is 343 g/mol. The van der Waals surface area contributed by atoms with Crippen LogP contribution in [0, 0.1) is 0 Å². The van der Waals surface area contributed by atoms with Crippen molar-refractivity contribution in [3.05, 3.63) is 47.1 Å². The van der Waals surface area contributed by atoms with Crippen molar-refractivity contribution in [2.75, 3.05) is 0 Å². The summed E-state index contributed by atoms with van der Waals surface area (Å²) in [5, 5.41) is 16.0. The van der Waals surface area contributed by atoms with Gasteiger partial charge in [-0.2, -0.15) is 18.2 Å². The number of hydrogen-bond acceptors (Lipinski definition) is 5. The van der Waals surface area contributed by atoms with Crippen LogP contribution < -0.4 is 5.32 Å². The lowest BCUT2D eigenvalue weighted by Gasteiger charge is -2.12. The van der Waals surface area contributed by atoms with Crippen LogP contribution in [0.1, 0.15) is 48.7 Å². The molecule has 0 fully saturated rings. The molecule has 0 bridgehead atoms. The second kappa shape index (κ2) is 7.00. The van der Waals surface area contributed by atoms with Crippen molar-refractivity contribution < 1.29 is 27.6 Å². The summed E-state index contributed by atoms with van der Waals surface area (Å²) >= 11 is 0. The molecular weight excluding hydrogens is 327 g/mol. The Kier molecular flexibility index (Phi) is 5.23. The molecule has 0 saturated carbocycles. The van der Waals surface area contributed by atoms with Crippen LogP contribution in [0.25, 0.3) is 0 Å². The lowest BCUT2D eigenvalue weighted by molar-refractivity contribution is -0.137. The molecule has 130 valence electrons. The highest BCUT2D eigenvalue weighted by Crippen LogP contribution is 2.29. The van der Waals surface area contributed by atoms with Gasteiger partial charge in [-0.1, -0.05) is 31.1 Å². The minimum Gasteiger partial charge on any atom is -0.378 e. The summed E-state index contributed by atoms with van der Waals surface area (Å²) < 4.78 is 42.4. The zero-order valence-electron chi connectivity index (χ0n) is 13.0. The molecule has 2 N–H and O–H groups in total. The molecule has 1 aromatic heterocycles. The zero-order chi connectivity index (χ0) is 17.9. The highest BCUT2D eigenvalue weighted by molar-refractivity contribution is 5.81. The molecule has 1 aromatic carbocycles. The maximum Gasteiger partial charge on any atom is 0.416 e. The zero-order valence-corrected chi connectivity index (χ0v) is 13.0. The predicted octanol–water partition coefficient (Wildman–Crippen LogP) is 2.56. The lowest BCUT2D eigenvalue weighted by atomic mass is 10.1. The van der Waals surface area contributed by atoms with Gasteiger partial charge in [0, 0.05) is 5.92 Å². The van der Waals surface area contributed by atoms with Crippen LogP contribution in [0.4, 0.5) is 13.2 Å². The van der Waals surface area contributed by atoms with Crippen LogP contribution in [0.2, 0.25) is 0 Å². The molecule has 24 heavy (non-hydrogen) atoms. The van der Waals surface area contributed by atoms with Gasteiger partial charge in [0.15, 0.2) is 11.9 Å². The maximum atomic E-state index is 12.5. The van der Waals surface area contributed by atoms with E-state index in [2.05, 4.69) is 15.5 Å². The van der Waals surface area contributed by atoms with Crippen LogP contribution in [-0.4, -0.2) is 21.2 Å². The summed E-state index contributed by atoms with van der Waals surface area (Å²) in [6.45, 7) is 3.67. The van der Waals surface area contributed by atoms with Gasteiger partial charge in [0.2, 0.25) is 5.89 Å². The van der Waals surface area contributed by atoms with Crippen molar-refractivity contribution >= 4 is 5.91 Å². The standard InChI is InChI=1S/C15H16F3N3O3/c1-8(2)14-20-11(21-24-14)7-19-13(23)12(22)9-3-5-10(6-4-9)15(16,17)18/h3-6,8,12,22H,7H2,1-2H3,(H,19,23). The van der Waals surface area contributed by atoms with Gasteiger partial charge in [-0.3, -0.25) is 4.79 Å². The van der Waals surface area contributed by atoms with Gasteiger partial charge in [-0.05, 0) is 17.7 Å². The van der Waals surface area contributed by atoms with Gasteiger partial charge in [-0.25, -0.2) is 0 Å². The SMILES string of the molecule is CC(C)c1nc(CNC(=O)C(O)c2ccc(C(F)(F)F)cc2)no1. The van der Waals surface area contributed by atoms with E-state index >= 15 is 0 Å². The van der Waals surface area contributed by atoms with E-state index in [-0.39, 0.29) is 23.9 Å². The highest BCUT2D eigenvalue weighted by Gasteiger charge is 2.30. The van der Waals surface area contributed by atoms with Crippen molar-refractivity contribution in [3.8, 4) is 0 Å². The van der Waals surface area contributed by atoms with Crippen molar-refractivity contribution in [2.45, 2.75) is 38.6 Å². The molecule has 2 aromatic rings. The van der Waals surface area contributed by atoms with Crippen molar-refractivity contribution in [1.82, 2.24) is 15.5 Å². The first-order valence-electron chi connectivity index (χ1n) is 7.14. The number of carbonyl (C=O) groups excluding carboxylic acids is 1. The van der Waals surface area contributed by atoms with Crippen LogP contribution in [0.15, 0.2) is 28.8 Å². The molecule has 1 unspecified atom stereocenters. The number of aliphatic hydroxyl groups is 1. The predicted molar refractivity (Wildman–Crippen MR) is 76.6 cm³/mol. The Bertz CT molecular complexity index is 696. The Morgan fingerprint density at radius 1 is 1.29 bits per heavy atom. The van der Waals surface area contributed by atoms with Crippen LogP contribution >= 0.6 is 0 Å². The second-order valence-corrected chi connectivity index (χ2v) is 5.44. The van der Waals surface area contributed by atoms with Crippen LogP contribution in [0.5, 0.6) is 0 Å². The Balaban J connectivity index is 1.96. The van der Waals surface area contributed by atoms with Crippen LogP contribution in [0.3, 0.4) is 0 Å².